The van der Waals surface area contributed by atoms with Gasteiger partial charge in [0.1, 0.15) is 4.47 Å². The van der Waals surface area contributed by atoms with Crippen molar-refractivity contribution in [3.63, 3.8) is 0 Å². The van der Waals surface area contributed by atoms with E-state index in [0.29, 0.717) is 16.9 Å². The molecule has 1 saturated carbocycles. The normalized spacial score (nSPS) is 22.7. The molecule has 1 atom stereocenters. The van der Waals surface area contributed by atoms with E-state index < -0.39 is 0 Å². The van der Waals surface area contributed by atoms with Gasteiger partial charge < -0.3 is 10.2 Å². The molecule has 3 rings (SSSR count). The molecule has 2 fully saturated rings. The molecule has 1 aromatic heterocycles. The number of nitrogens with one attached hydrogen (secondary N) is 1. The van der Waals surface area contributed by atoms with Gasteiger partial charge in [-0.1, -0.05) is 6.92 Å². The first-order chi connectivity index (χ1) is 10.2. The molecule has 1 unspecified atom stereocenters. The van der Waals surface area contributed by atoms with E-state index in [1.165, 1.54) is 37.0 Å². The Morgan fingerprint density at radius 3 is 2.95 bits per heavy atom. The zero-order chi connectivity index (χ0) is 14.8. The molecule has 0 amide bonds. The number of anilines is 1. The molecular weight excluding hydrogens is 332 g/mol. The Hall–Kier alpha value is -0.880. The number of hydrogen-bond donors (Lipinski definition) is 1. The summed E-state index contributed by atoms with van der Waals surface area (Å²) in [5.41, 5.74) is 0.769. The summed E-state index contributed by atoms with van der Waals surface area (Å²) >= 11 is 3.41. The van der Waals surface area contributed by atoms with Crippen LogP contribution in [0.15, 0.2) is 15.5 Å². The number of nitrogens with zero attached hydrogens (tertiary/aromatic N) is 3. The van der Waals surface area contributed by atoms with Crippen molar-refractivity contribution in [3.8, 4) is 0 Å². The Morgan fingerprint density at radius 1 is 1.43 bits per heavy atom. The first kappa shape index (κ1) is 15.0. The van der Waals surface area contributed by atoms with Crippen molar-refractivity contribution in [2.75, 3.05) is 25.0 Å². The van der Waals surface area contributed by atoms with Crippen LogP contribution < -0.4 is 10.9 Å². The fourth-order valence-electron chi connectivity index (χ4n) is 3.01. The van der Waals surface area contributed by atoms with Gasteiger partial charge in [-0.3, -0.25) is 4.79 Å². The number of likely N-dealkylation sites (tertiary alicyclic amines) is 1. The van der Waals surface area contributed by atoms with Gasteiger partial charge >= 0.3 is 0 Å². The summed E-state index contributed by atoms with van der Waals surface area (Å²) in [6.45, 7) is 6.04. The molecule has 1 aliphatic carbocycles. The number of aryl methyl sites for hydroxylation is 1. The van der Waals surface area contributed by atoms with Crippen molar-refractivity contribution in [1.29, 1.82) is 0 Å². The van der Waals surface area contributed by atoms with Crippen LogP contribution in [0.1, 0.15) is 32.6 Å². The monoisotopic (exact) mass is 354 g/mol. The van der Waals surface area contributed by atoms with E-state index >= 15 is 0 Å². The Labute approximate surface area is 133 Å². The molecule has 2 aliphatic rings. The molecule has 5 nitrogen and oxygen atoms in total. The smallest absolute Gasteiger partial charge is 0.283 e. The molecule has 0 radical (unpaired) electrons. The summed E-state index contributed by atoms with van der Waals surface area (Å²) in [5.74, 6) is 0.676. The lowest BCUT2D eigenvalue weighted by Gasteiger charge is -2.16. The highest BCUT2D eigenvalue weighted by Gasteiger charge is 2.34. The molecule has 2 heterocycles. The lowest BCUT2D eigenvalue weighted by atomic mass is 10.1. The molecule has 0 aromatic carbocycles. The lowest BCUT2D eigenvalue weighted by Crippen LogP contribution is -2.26. The quantitative estimate of drug-likeness (QED) is 0.851. The molecule has 1 aliphatic heterocycles. The SMILES string of the molecule is CCCn1ncc(NCC2CCN(C3CC3)C2)c(Br)c1=O. The van der Waals surface area contributed by atoms with Crippen LogP contribution >= 0.6 is 15.9 Å². The molecule has 1 saturated heterocycles. The maximum absolute atomic E-state index is 12.1. The number of aromatic nitrogens is 2. The highest BCUT2D eigenvalue weighted by molar-refractivity contribution is 9.10. The molecule has 1 N–H and O–H groups in total. The summed E-state index contributed by atoms with van der Waals surface area (Å²) in [6, 6.07) is 0.862. The third kappa shape index (κ3) is 3.48. The van der Waals surface area contributed by atoms with E-state index in [0.717, 1.165) is 24.7 Å². The number of hydrogen-bond acceptors (Lipinski definition) is 4. The Kier molecular flexibility index (Phi) is 4.64. The maximum Gasteiger partial charge on any atom is 0.283 e. The van der Waals surface area contributed by atoms with Gasteiger partial charge in [-0.2, -0.15) is 5.10 Å². The largest absolute Gasteiger partial charge is 0.382 e. The van der Waals surface area contributed by atoms with Crippen molar-refractivity contribution in [3.05, 3.63) is 21.0 Å². The minimum absolute atomic E-state index is 0.0483. The van der Waals surface area contributed by atoms with Crippen LogP contribution in [0, 0.1) is 5.92 Å². The van der Waals surface area contributed by atoms with Gasteiger partial charge in [0.15, 0.2) is 0 Å². The molecule has 1 aromatic rings. The van der Waals surface area contributed by atoms with Crippen LogP contribution in [-0.4, -0.2) is 40.4 Å². The van der Waals surface area contributed by atoms with E-state index in [4.69, 9.17) is 0 Å². The molecule has 116 valence electrons. The highest BCUT2D eigenvalue weighted by Crippen LogP contribution is 2.31. The zero-order valence-corrected chi connectivity index (χ0v) is 14.1. The second kappa shape index (κ2) is 6.48. The third-order valence-corrected chi connectivity index (χ3v) is 5.15. The van der Waals surface area contributed by atoms with Gasteiger partial charge in [0, 0.05) is 25.7 Å². The van der Waals surface area contributed by atoms with Gasteiger partial charge in [-0.25, -0.2) is 4.68 Å². The van der Waals surface area contributed by atoms with Crippen LogP contribution in [0.4, 0.5) is 5.69 Å². The average Bonchev–Trinajstić information content (AvgIpc) is 3.23. The van der Waals surface area contributed by atoms with E-state index in [2.05, 4.69) is 31.2 Å². The minimum Gasteiger partial charge on any atom is -0.382 e. The predicted molar refractivity (Wildman–Crippen MR) is 87.7 cm³/mol. The Balaban J connectivity index is 1.58. The summed E-state index contributed by atoms with van der Waals surface area (Å²) < 4.78 is 2.11. The summed E-state index contributed by atoms with van der Waals surface area (Å²) in [6.07, 6.45) is 6.68. The number of rotatable bonds is 6. The van der Waals surface area contributed by atoms with Crippen LogP contribution in [0.3, 0.4) is 0 Å². The number of halogens is 1. The van der Waals surface area contributed by atoms with Gasteiger partial charge in [0.25, 0.3) is 5.56 Å². The third-order valence-electron chi connectivity index (χ3n) is 4.38. The van der Waals surface area contributed by atoms with Gasteiger partial charge in [0.2, 0.25) is 0 Å². The molecule has 0 bridgehead atoms. The average molecular weight is 355 g/mol. The predicted octanol–water partition coefficient (Wildman–Crippen LogP) is 2.31. The fourth-order valence-corrected chi connectivity index (χ4v) is 3.46. The summed E-state index contributed by atoms with van der Waals surface area (Å²) in [7, 11) is 0. The van der Waals surface area contributed by atoms with E-state index in [1.54, 1.807) is 6.20 Å². The first-order valence-electron chi connectivity index (χ1n) is 7.92. The first-order valence-corrected chi connectivity index (χ1v) is 8.72. The highest BCUT2D eigenvalue weighted by atomic mass is 79.9. The van der Waals surface area contributed by atoms with Gasteiger partial charge in [-0.15, -0.1) is 0 Å². The standard InChI is InChI=1S/C15H23BrN4O/c1-2-6-20-15(21)14(16)13(9-18-20)17-8-11-5-7-19(10-11)12-3-4-12/h9,11-12,17H,2-8,10H2,1H3. The van der Waals surface area contributed by atoms with Crippen molar-refractivity contribution < 1.29 is 0 Å². The molecule has 21 heavy (non-hydrogen) atoms. The van der Waals surface area contributed by atoms with Crippen molar-refractivity contribution in [2.45, 2.75) is 45.2 Å². The van der Waals surface area contributed by atoms with Crippen molar-refractivity contribution in [2.24, 2.45) is 5.92 Å². The van der Waals surface area contributed by atoms with E-state index in [1.807, 2.05) is 6.92 Å². The maximum atomic E-state index is 12.1. The van der Waals surface area contributed by atoms with Gasteiger partial charge in [-0.05, 0) is 54.1 Å². The molecule has 6 heteroatoms. The Bertz CT molecular complexity index is 555. The van der Waals surface area contributed by atoms with Crippen molar-refractivity contribution >= 4 is 21.6 Å². The van der Waals surface area contributed by atoms with Crippen LogP contribution in [0.2, 0.25) is 0 Å². The van der Waals surface area contributed by atoms with Crippen LogP contribution in [0.5, 0.6) is 0 Å². The summed E-state index contributed by atoms with van der Waals surface area (Å²) in [4.78, 5) is 14.7. The topological polar surface area (TPSA) is 50.2 Å². The summed E-state index contributed by atoms with van der Waals surface area (Å²) in [5, 5.41) is 7.62. The lowest BCUT2D eigenvalue weighted by molar-refractivity contribution is 0.316. The molecule has 0 spiro atoms. The van der Waals surface area contributed by atoms with Crippen LogP contribution in [0.25, 0.3) is 0 Å². The fraction of sp³-hybridized carbons (Fsp3) is 0.733. The Morgan fingerprint density at radius 2 is 2.24 bits per heavy atom. The second-order valence-electron chi connectivity index (χ2n) is 6.16. The van der Waals surface area contributed by atoms with E-state index in [9.17, 15) is 4.79 Å². The van der Waals surface area contributed by atoms with Gasteiger partial charge in [0.05, 0.1) is 11.9 Å². The van der Waals surface area contributed by atoms with E-state index in [-0.39, 0.29) is 5.56 Å². The molecular formula is C15H23BrN4O. The van der Waals surface area contributed by atoms with Crippen molar-refractivity contribution in [1.82, 2.24) is 14.7 Å². The zero-order valence-electron chi connectivity index (χ0n) is 12.5. The minimum atomic E-state index is -0.0483. The van der Waals surface area contributed by atoms with Crippen LogP contribution in [-0.2, 0) is 6.54 Å². The second-order valence-corrected chi connectivity index (χ2v) is 6.96.